The van der Waals surface area contributed by atoms with Crippen molar-refractivity contribution in [2.24, 2.45) is 0 Å². The lowest BCUT2D eigenvalue weighted by molar-refractivity contribution is 0.305. The third-order valence-electron chi connectivity index (χ3n) is 5.59. The van der Waals surface area contributed by atoms with E-state index < -0.39 is 0 Å². The van der Waals surface area contributed by atoms with Gasteiger partial charge in [0.2, 0.25) is 0 Å². The minimum absolute atomic E-state index is 0.344. The molecule has 0 radical (unpaired) electrons. The number of rotatable bonds is 13. The third kappa shape index (κ3) is 7.26. The van der Waals surface area contributed by atoms with Crippen molar-refractivity contribution in [2.75, 3.05) is 6.61 Å². The van der Waals surface area contributed by atoms with Gasteiger partial charge in [-0.2, -0.15) is 0 Å². The summed E-state index contributed by atoms with van der Waals surface area (Å²) in [5, 5.41) is 1.62. The van der Waals surface area contributed by atoms with E-state index >= 15 is 0 Å². The van der Waals surface area contributed by atoms with Crippen LogP contribution < -0.4 is 10.4 Å². The second-order valence-electron chi connectivity index (χ2n) is 8.01. The van der Waals surface area contributed by atoms with Crippen molar-refractivity contribution in [2.45, 2.75) is 87.2 Å². The number of fused-ring (bicyclic) bond motifs is 1. The Labute approximate surface area is 178 Å². The summed E-state index contributed by atoms with van der Waals surface area (Å²) in [4.78, 5) is 13.1. The van der Waals surface area contributed by atoms with Crippen LogP contribution in [0.3, 0.4) is 0 Å². The molecule has 29 heavy (non-hydrogen) atoms. The Balaban J connectivity index is 1.48. The zero-order chi connectivity index (χ0) is 20.3. The molecule has 1 fully saturated rings. The summed E-state index contributed by atoms with van der Waals surface area (Å²) in [7, 11) is 0. The summed E-state index contributed by atoms with van der Waals surface area (Å²) in [6.07, 6.45) is 17.0. The summed E-state index contributed by atoms with van der Waals surface area (Å²) >= 11 is 1.94. The van der Waals surface area contributed by atoms with E-state index in [1.54, 1.807) is 0 Å². The zero-order valence-electron chi connectivity index (χ0n) is 17.5. The number of thioether (sulfide) groups is 1. The van der Waals surface area contributed by atoms with Crippen molar-refractivity contribution >= 4 is 22.7 Å². The largest absolute Gasteiger partial charge is 0.493 e. The maximum Gasteiger partial charge on any atom is 0.339 e. The van der Waals surface area contributed by atoms with Crippen LogP contribution in [0.1, 0.15) is 77.0 Å². The first-order valence-electron chi connectivity index (χ1n) is 11.2. The summed E-state index contributed by atoms with van der Waals surface area (Å²) in [6.45, 7) is 4.41. The van der Waals surface area contributed by atoms with E-state index in [0.717, 1.165) is 18.2 Å². The van der Waals surface area contributed by atoms with E-state index in [0.29, 0.717) is 23.2 Å². The summed E-state index contributed by atoms with van der Waals surface area (Å²) in [6, 6.07) is 7.59. The van der Waals surface area contributed by atoms with Crippen LogP contribution in [0, 0.1) is 0 Å². The minimum Gasteiger partial charge on any atom is -0.493 e. The second kappa shape index (κ2) is 12.1. The molecule has 1 aromatic carbocycles. The van der Waals surface area contributed by atoms with Gasteiger partial charge in [0.25, 0.3) is 0 Å². The van der Waals surface area contributed by atoms with Gasteiger partial charge in [-0.3, -0.25) is 0 Å². The summed E-state index contributed by atoms with van der Waals surface area (Å²) in [5.74, 6) is 0.662. The number of hydrogen-bond donors (Lipinski definition) is 0. The Kier molecular flexibility index (Phi) is 9.20. The monoisotopic (exact) mass is 414 g/mol. The van der Waals surface area contributed by atoms with Crippen LogP contribution in [0.2, 0.25) is 0 Å². The molecule has 3 rings (SSSR count). The first-order valence-corrected chi connectivity index (χ1v) is 12.1. The number of hydrogen-bond acceptors (Lipinski definition) is 4. The number of ether oxygens (including phenoxy) is 1. The number of benzene rings is 1. The fourth-order valence-corrected chi connectivity index (χ4v) is 5.25. The molecule has 1 aromatic heterocycles. The summed E-state index contributed by atoms with van der Waals surface area (Å²) < 4.78 is 11.4. The van der Waals surface area contributed by atoms with Gasteiger partial charge < -0.3 is 9.15 Å². The van der Waals surface area contributed by atoms with Gasteiger partial charge in [0.1, 0.15) is 11.3 Å². The first-order chi connectivity index (χ1) is 14.3. The van der Waals surface area contributed by atoms with Crippen molar-refractivity contribution in [3.05, 3.63) is 47.3 Å². The van der Waals surface area contributed by atoms with Crippen molar-refractivity contribution in [1.29, 1.82) is 0 Å². The lowest BCUT2D eigenvalue weighted by Gasteiger charge is -2.11. The molecule has 3 nitrogen and oxygen atoms in total. The standard InChI is InChI=1S/C25H34O3S/c1-2-3-4-5-6-7-8-9-12-17-27-24-19-25(26)28-23-16-15-21(18-22(23)24)29-20-13-10-11-14-20/h2,15-16,18-20H,1,3-14,17H2. The highest BCUT2D eigenvalue weighted by atomic mass is 32.2. The molecule has 0 bridgehead atoms. The van der Waals surface area contributed by atoms with Crippen molar-refractivity contribution in [3.63, 3.8) is 0 Å². The molecule has 158 valence electrons. The average Bonchev–Trinajstić information content (AvgIpc) is 3.22. The van der Waals surface area contributed by atoms with Crippen molar-refractivity contribution in [1.82, 2.24) is 0 Å². The van der Waals surface area contributed by atoms with Gasteiger partial charge in [0, 0.05) is 10.1 Å². The van der Waals surface area contributed by atoms with E-state index in [4.69, 9.17) is 9.15 Å². The normalized spacial score (nSPS) is 14.5. The molecule has 0 spiro atoms. The molecular weight excluding hydrogens is 380 g/mol. The molecule has 4 heteroatoms. The maximum absolute atomic E-state index is 11.9. The van der Waals surface area contributed by atoms with E-state index in [1.807, 2.05) is 23.9 Å². The molecule has 2 aromatic rings. The van der Waals surface area contributed by atoms with E-state index in [1.165, 1.54) is 75.2 Å². The molecule has 1 aliphatic carbocycles. The fourth-order valence-electron chi connectivity index (χ4n) is 3.96. The van der Waals surface area contributed by atoms with Crippen molar-refractivity contribution in [3.8, 4) is 5.75 Å². The van der Waals surface area contributed by atoms with E-state index in [2.05, 4.69) is 18.7 Å². The molecule has 0 unspecified atom stereocenters. The highest BCUT2D eigenvalue weighted by molar-refractivity contribution is 8.00. The molecular formula is C25H34O3S. The molecule has 1 heterocycles. The van der Waals surface area contributed by atoms with Gasteiger partial charge >= 0.3 is 5.63 Å². The van der Waals surface area contributed by atoms with Crippen LogP contribution in [0.25, 0.3) is 11.0 Å². The molecule has 1 aliphatic rings. The Bertz CT molecular complexity index is 820. The zero-order valence-corrected chi connectivity index (χ0v) is 18.3. The third-order valence-corrected chi connectivity index (χ3v) is 6.92. The lowest BCUT2D eigenvalue weighted by Crippen LogP contribution is -2.03. The van der Waals surface area contributed by atoms with Gasteiger partial charge in [0.15, 0.2) is 0 Å². The molecule has 1 saturated carbocycles. The molecule has 0 aliphatic heterocycles. The van der Waals surface area contributed by atoms with Gasteiger partial charge in [-0.05, 0) is 50.3 Å². The Morgan fingerprint density at radius 3 is 2.52 bits per heavy atom. The second-order valence-corrected chi connectivity index (χ2v) is 9.39. The lowest BCUT2D eigenvalue weighted by atomic mass is 10.1. The topological polar surface area (TPSA) is 39.4 Å². The van der Waals surface area contributed by atoms with Gasteiger partial charge in [-0.15, -0.1) is 18.3 Å². The maximum atomic E-state index is 11.9. The predicted octanol–water partition coefficient (Wildman–Crippen LogP) is 7.51. The summed E-state index contributed by atoms with van der Waals surface area (Å²) in [5.41, 5.74) is 0.269. The fraction of sp³-hybridized carbons (Fsp3) is 0.560. The number of unbranched alkanes of at least 4 members (excludes halogenated alkanes) is 7. The van der Waals surface area contributed by atoms with Crippen LogP contribution in [-0.4, -0.2) is 11.9 Å². The van der Waals surface area contributed by atoms with Gasteiger partial charge in [-0.1, -0.05) is 51.0 Å². The number of allylic oxidation sites excluding steroid dienone is 1. The predicted molar refractivity (Wildman–Crippen MR) is 123 cm³/mol. The average molecular weight is 415 g/mol. The molecule has 0 N–H and O–H groups in total. The highest BCUT2D eigenvalue weighted by Gasteiger charge is 2.17. The molecule has 0 amide bonds. The highest BCUT2D eigenvalue weighted by Crippen LogP contribution is 2.37. The van der Waals surface area contributed by atoms with E-state index in [-0.39, 0.29) is 5.63 Å². The minimum atomic E-state index is -0.344. The first kappa shape index (κ1) is 22.0. The SMILES string of the molecule is C=CCCCCCCCCCOc1cc(=O)oc2ccc(SC3CCCC3)cc12. The van der Waals surface area contributed by atoms with Gasteiger partial charge in [0.05, 0.1) is 18.1 Å². The van der Waals surface area contributed by atoms with Crippen LogP contribution in [0.4, 0.5) is 0 Å². The molecule has 0 atom stereocenters. The van der Waals surface area contributed by atoms with Crippen LogP contribution >= 0.6 is 11.8 Å². The van der Waals surface area contributed by atoms with Crippen molar-refractivity contribution < 1.29 is 9.15 Å². The smallest absolute Gasteiger partial charge is 0.339 e. The Hall–Kier alpha value is -1.68. The Morgan fingerprint density at radius 2 is 1.76 bits per heavy atom. The van der Waals surface area contributed by atoms with Gasteiger partial charge in [-0.25, -0.2) is 4.79 Å². The Morgan fingerprint density at radius 1 is 1.03 bits per heavy atom. The molecule has 0 saturated heterocycles. The van der Waals surface area contributed by atoms with E-state index in [9.17, 15) is 4.79 Å². The van der Waals surface area contributed by atoms with Crippen LogP contribution in [-0.2, 0) is 0 Å². The van der Waals surface area contributed by atoms with Crippen LogP contribution in [0.5, 0.6) is 5.75 Å². The van der Waals surface area contributed by atoms with Crippen LogP contribution in [0.15, 0.2) is 51.0 Å². The quantitative estimate of drug-likeness (QED) is 0.193.